The van der Waals surface area contributed by atoms with Gasteiger partial charge in [0.2, 0.25) is 23.5 Å². The van der Waals surface area contributed by atoms with Crippen molar-refractivity contribution in [3.63, 3.8) is 0 Å². The van der Waals surface area contributed by atoms with Crippen LogP contribution >= 0.6 is 0 Å². The molecule has 0 spiro atoms. The minimum atomic E-state index is -0.644. The summed E-state index contributed by atoms with van der Waals surface area (Å²) in [7, 11) is 0. The van der Waals surface area contributed by atoms with Crippen LogP contribution in [0.3, 0.4) is 0 Å². The Morgan fingerprint density at radius 3 is 2.24 bits per heavy atom. The minimum Gasteiger partial charge on any atom is -0.320 e. The van der Waals surface area contributed by atoms with Crippen molar-refractivity contribution in [1.82, 2.24) is 24.4 Å². The zero-order chi connectivity index (χ0) is 20.9. The molecule has 3 N–H and O–H groups in total. The van der Waals surface area contributed by atoms with E-state index in [0.29, 0.717) is 10.3 Å². The first kappa shape index (κ1) is 20.5. The van der Waals surface area contributed by atoms with Crippen LogP contribution in [0.2, 0.25) is 0 Å². The van der Waals surface area contributed by atoms with Crippen LogP contribution in [0.15, 0.2) is 54.9 Å². The molecule has 0 saturated heterocycles. The van der Waals surface area contributed by atoms with Gasteiger partial charge in [0.05, 0.1) is 19.1 Å². The van der Waals surface area contributed by atoms with E-state index in [1.165, 1.54) is 0 Å². The number of hydrogen-bond acceptors (Lipinski definition) is 6. The molecule has 8 heteroatoms. The molecule has 3 aromatic rings. The van der Waals surface area contributed by atoms with Crippen LogP contribution in [0.25, 0.3) is 11.4 Å². The predicted molar refractivity (Wildman–Crippen MR) is 114 cm³/mol. The monoisotopic (exact) mass is 392 g/mol. The molecular weight excluding hydrogens is 366 g/mol. The van der Waals surface area contributed by atoms with Gasteiger partial charge in [-0.25, -0.2) is 14.5 Å². The van der Waals surface area contributed by atoms with Gasteiger partial charge in [-0.1, -0.05) is 30.3 Å². The Morgan fingerprint density at radius 2 is 1.62 bits per heavy atom. The summed E-state index contributed by atoms with van der Waals surface area (Å²) in [6.07, 6.45) is 3.40. The lowest BCUT2D eigenvalue weighted by molar-refractivity contribution is -0.117. The zero-order valence-corrected chi connectivity index (χ0v) is 16.9. The lowest BCUT2D eigenvalue weighted by Crippen LogP contribution is -2.45. The van der Waals surface area contributed by atoms with E-state index in [2.05, 4.69) is 34.1 Å². The van der Waals surface area contributed by atoms with Crippen LogP contribution < -0.4 is 15.5 Å². The number of aromatic nitrogens is 4. The van der Waals surface area contributed by atoms with Crippen molar-refractivity contribution in [1.29, 1.82) is 0 Å². The summed E-state index contributed by atoms with van der Waals surface area (Å²) in [5.74, 6) is 2.12. The number of anilines is 1. The number of rotatable bonds is 7. The van der Waals surface area contributed by atoms with E-state index < -0.39 is 6.04 Å². The summed E-state index contributed by atoms with van der Waals surface area (Å²) in [6, 6.07) is 13.0. The number of nitrogens with one attached hydrogen (secondary N) is 1. The first-order valence-corrected chi connectivity index (χ1v) is 9.66. The predicted octanol–water partition coefficient (Wildman–Crippen LogP) is 2.90. The second-order valence-corrected chi connectivity index (χ2v) is 6.72. The van der Waals surface area contributed by atoms with Gasteiger partial charge in [-0.05, 0) is 20.8 Å². The van der Waals surface area contributed by atoms with E-state index in [-0.39, 0.29) is 11.9 Å². The Hall–Kier alpha value is -3.23. The van der Waals surface area contributed by atoms with Crippen molar-refractivity contribution in [2.75, 3.05) is 18.4 Å². The molecule has 1 aromatic carbocycles. The number of benzene rings is 1. The fourth-order valence-corrected chi connectivity index (χ4v) is 3.17. The highest BCUT2D eigenvalue weighted by Crippen LogP contribution is 2.32. The number of hydrogen-bond donors (Lipinski definition) is 2. The molecule has 2 aromatic heterocycles. The van der Waals surface area contributed by atoms with Gasteiger partial charge in [0.1, 0.15) is 0 Å². The quantitative estimate of drug-likeness (QED) is 0.599. The van der Waals surface area contributed by atoms with E-state index in [9.17, 15) is 4.79 Å². The third-order valence-electron chi connectivity index (χ3n) is 4.92. The van der Waals surface area contributed by atoms with Crippen molar-refractivity contribution in [2.24, 2.45) is 5.73 Å². The first-order valence-electron chi connectivity index (χ1n) is 9.66. The highest BCUT2D eigenvalue weighted by atomic mass is 16.2. The topological polar surface area (TPSA) is 107 Å². The Morgan fingerprint density at radius 1 is 1.00 bits per heavy atom. The summed E-state index contributed by atoms with van der Waals surface area (Å²) < 4.78 is 0.395. The molecule has 8 nitrogen and oxygen atoms in total. The zero-order valence-electron chi connectivity index (χ0n) is 16.9. The molecular formula is C21H26N7O+. The molecule has 0 aliphatic rings. The third kappa shape index (κ3) is 4.28. The molecule has 0 aliphatic heterocycles. The van der Waals surface area contributed by atoms with Crippen molar-refractivity contribution < 1.29 is 4.79 Å². The molecule has 0 bridgehead atoms. The van der Waals surface area contributed by atoms with Gasteiger partial charge >= 0.3 is 0 Å². The fraction of sp³-hybridized carbons (Fsp3) is 0.286. The number of amides is 1. The summed E-state index contributed by atoms with van der Waals surface area (Å²) in [4.78, 5) is 30.0. The van der Waals surface area contributed by atoms with Crippen LogP contribution in [-0.4, -0.2) is 45.0 Å². The molecule has 2 heterocycles. The van der Waals surface area contributed by atoms with E-state index in [4.69, 9.17) is 10.7 Å². The third-order valence-corrected chi connectivity index (χ3v) is 4.92. The molecule has 0 aliphatic carbocycles. The molecule has 150 valence electrons. The molecule has 29 heavy (non-hydrogen) atoms. The van der Waals surface area contributed by atoms with E-state index >= 15 is 0 Å². The average molecular weight is 392 g/mol. The molecule has 0 saturated carbocycles. The maximum absolute atomic E-state index is 11.9. The van der Waals surface area contributed by atoms with Crippen LogP contribution in [0, 0.1) is 0 Å². The Bertz CT molecular complexity index is 972. The lowest BCUT2D eigenvalue weighted by atomic mass is 10.2. The second-order valence-electron chi connectivity index (χ2n) is 6.72. The maximum Gasteiger partial charge on any atom is 0.243 e. The van der Waals surface area contributed by atoms with Gasteiger partial charge in [0.25, 0.3) is 0 Å². The van der Waals surface area contributed by atoms with E-state index in [1.807, 2.05) is 42.5 Å². The largest absolute Gasteiger partial charge is 0.320 e. The smallest absolute Gasteiger partial charge is 0.243 e. The molecule has 1 amide bonds. The molecule has 0 radical (unpaired) electrons. The molecule has 0 unspecified atom stereocenters. The van der Waals surface area contributed by atoms with Crippen LogP contribution in [0.4, 0.5) is 17.6 Å². The van der Waals surface area contributed by atoms with Gasteiger partial charge in [-0.3, -0.25) is 10.1 Å². The Labute approximate surface area is 170 Å². The van der Waals surface area contributed by atoms with Crippen molar-refractivity contribution in [3.8, 4) is 11.4 Å². The molecule has 0 fully saturated rings. The normalized spacial score (nSPS) is 12.4. The second kappa shape index (κ2) is 8.85. The number of carbonyl (C=O) groups is 1. The van der Waals surface area contributed by atoms with Crippen LogP contribution in [0.1, 0.15) is 20.8 Å². The number of nitrogens with zero attached hydrogens (tertiary/aromatic N) is 5. The standard InChI is InChI=1S/C21H25N7O/c1-4-28(5-2,18-12-14-24-21(26-18)27-20(29)15(3)22)17-11-13-23-19(25-17)16-9-7-6-8-10-16/h6-15H,4-5,22H2,1-3H3/p+1/t15-/m0/s1. The average Bonchev–Trinajstić information content (AvgIpc) is 2.76. The van der Waals surface area contributed by atoms with Gasteiger partial charge in [-0.15, -0.1) is 0 Å². The molecule has 3 rings (SSSR count). The summed E-state index contributed by atoms with van der Waals surface area (Å²) in [5.41, 5.74) is 6.59. The first-order chi connectivity index (χ1) is 14.0. The lowest BCUT2D eigenvalue weighted by Gasteiger charge is -2.33. The Balaban J connectivity index is 2.04. The van der Waals surface area contributed by atoms with Crippen molar-refractivity contribution in [3.05, 3.63) is 54.9 Å². The summed E-state index contributed by atoms with van der Waals surface area (Å²) >= 11 is 0. The van der Waals surface area contributed by atoms with E-state index in [0.717, 1.165) is 30.3 Å². The highest BCUT2D eigenvalue weighted by Gasteiger charge is 2.34. The fourth-order valence-electron chi connectivity index (χ4n) is 3.17. The number of nitrogens with two attached hydrogens (primary N) is 1. The number of carbonyl (C=O) groups excluding carboxylic acids is 1. The van der Waals surface area contributed by atoms with Crippen LogP contribution in [0.5, 0.6) is 0 Å². The molecule has 1 atom stereocenters. The van der Waals surface area contributed by atoms with Gasteiger partial charge in [0.15, 0.2) is 5.82 Å². The summed E-state index contributed by atoms with van der Waals surface area (Å²) in [5, 5.41) is 2.66. The van der Waals surface area contributed by atoms with Crippen molar-refractivity contribution in [2.45, 2.75) is 26.8 Å². The SMILES string of the molecule is CC[N+](CC)(c1ccnc(NC(=O)[C@H](C)N)n1)c1ccnc(-c2ccccc2)n1. The van der Waals surface area contributed by atoms with Gasteiger partial charge in [-0.2, -0.15) is 9.97 Å². The summed E-state index contributed by atoms with van der Waals surface area (Å²) in [6.45, 7) is 7.22. The van der Waals surface area contributed by atoms with Gasteiger partial charge < -0.3 is 5.73 Å². The Kier molecular flexibility index (Phi) is 6.26. The number of quaternary nitrogens is 1. The maximum atomic E-state index is 11.9. The minimum absolute atomic E-state index is 0.228. The van der Waals surface area contributed by atoms with E-state index in [1.54, 1.807) is 19.3 Å². The van der Waals surface area contributed by atoms with Gasteiger partial charge in [0, 0.05) is 30.1 Å². The highest BCUT2D eigenvalue weighted by molar-refractivity contribution is 5.92. The van der Waals surface area contributed by atoms with Crippen LogP contribution in [-0.2, 0) is 4.79 Å². The van der Waals surface area contributed by atoms with Crippen molar-refractivity contribution >= 4 is 23.5 Å².